The highest BCUT2D eigenvalue weighted by Gasteiger charge is 2.62. The summed E-state index contributed by atoms with van der Waals surface area (Å²) in [5.41, 5.74) is 1.85. The van der Waals surface area contributed by atoms with Crippen LogP contribution in [-0.4, -0.2) is 34.4 Å². The van der Waals surface area contributed by atoms with Crippen LogP contribution < -0.4 is 5.48 Å². The van der Waals surface area contributed by atoms with Crippen LogP contribution in [0.5, 0.6) is 0 Å². The average molecular weight is 297 g/mol. The van der Waals surface area contributed by atoms with Gasteiger partial charge < -0.3 is 4.90 Å². The van der Waals surface area contributed by atoms with Crippen molar-refractivity contribution in [3.63, 3.8) is 0 Å². The van der Waals surface area contributed by atoms with Crippen LogP contribution in [0.3, 0.4) is 0 Å². The van der Waals surface area contributed by atoms with Crippen LogP contribution in [0.1, 0.15) is 6.42 Å². The molecule has 5 atom stereocenters. The van der Waals surface area contributed by atoms with Crippen molar-refractivity contribution >= 4 is 11.7 Å². The van der Waals surface area contributed by atoms with Crippen LogP contribution >= 0.6 is 0 Å². The molecule has 22 heavy (non-hydrogen) atoms. The second kappa shape index (κ2) is 5.25. The highest BCUT2D eigenvalue weighted by atomic mass is 16.5. The number of allylic oxidation sites excluding steroid dienone is 6. The van der Waals surface area contributed by atoms with Gasteiger partial charge in [-0.05, 0) is 36.3 Å². The van der Waals surface area contributed by atoms with E-state index in [1.165, 1.54) is 0 Å². The van der Waals surface area contributed by atoms with Gasteiger partial charge in [-0.15, -0.1) is 0 Å². The van der Waals surface area contributed by atoms with Gasteiger partial charge in [0.1, 0.15) is 5.84 Å². The van der Waals surface area contributed by atoms with E-state index in [2.05, 4.69) is 28.1 Å². The smallest absolute Gasteiger partial charge is 0.247 e. The number of amidine groups is 1. The molecule has 0 spiro atoms. The third-order valence-corrected chi connectivity index (χ3v) is 5.16. The largest absolute Gasteiger partial charge is 0.328 e. The van der Waals surface area contributed by atoms with E-state index in [0.717, 1.165) is 12.3 Å². The number of hydroxylamine groups is 1. The van der Waals surface area contributed by atoms with E-state index in [1.54, 1.807) is 0 Å². The molecule has 1 fully saturated rings. The van der Waals surface area contributed by atoms with E-state index in [9.17, 15) is 4.79 Å². The molecular weight excluding hydrogens is 278 g/mol. The Morgan fingerprint density at radius 1 is 1.27 bits per heavy atom. The minimum atomic E-state index is -0.261. The van der Waals surface area contributed by atoms with Crippen molar-refractivity contribution < 1.29 is 10.0 Å². The summed E-state index contributed by atoms with van der Waals surface area (Å²) in [5, 5.41) is 9.06. The molecule has 2 heterocycles. The van der Waals surface area contributed by atoms with Gasteiger partial charge in [-0.25, -0.2) is 5.48 Å². The first-order valence-electron chi connectivity index (χ1n) is 7.76. The molecule has 1 saturated carbocycles. The predicted molar refractivity (Wildman–Crippen MR) is 83.0 cm³/mol. The molecule has 2 aliphatic heterocycles. The monoisotopic (exact) mass is 297 g/mol. The molecule has 1 amide bonds. The molecule has 0 aromatic heterocycles. The molecule has 0 bridgehead atoms. The van der Waals surface area contributed by atoms with Crippen molar-refractivity contribution in [3.05, 3.63) is 48.7 Å². The maximum absolute atomic E-state index is 12.1. The third-order valence-electron chi connectivity index (χ3n) is 5.16. The fourth-order valence-electron chi connectivity index (χ4n) is 4.16. The van der Waals surface area contributed by atoms with Gasteiger partial charge in [0.25, 0.3) is 0 Å². The van der Waals surface area contributed by atoms with Crippen molar-refractivity contribution in [3.8, 4) is 0 Å². The lowest BCUT2D eigenvalue weighted by Gasteiger charge is -2.25. The standard InChI is InChI=1S/C17H19N3O2/c21-17(19-22)16-14(11-6-2-1-3-7-11)15(16)12-10-18-13-8-4-5-9-20(12)13/h1-6,8-9,11-12,14-16,22H,7,10H2,(H,19,21)/t11?,12?,14-,15-,16-/m1/s1. The van der Waals surface area contributed by atoms with E-state index in [-0.39, 0.29) is 29.7 Å². The summed E-state index contributed by atoms with van der Waals surface area (Å²) < 4.78 is 0. The van der Waals surface area contributed by atoms with Gasteiger partial charge in [0.15, 0.2) is 0 Å². The van der Waals surface area contributed by atoms with E-state index in [4.69, 9.17) is 5.21 Å². The second-order valence-electron chi connectivity index (χ2n) is 6.24. The Balaban J connectivity index is 1.56. The normalized spacial score (nSPS) is 38.0. The zero-order valence-electron chi connectivity index (χ0n) is 12.2. The maximum atomic E-state index is 12.1. The van der Waals surface area contributed by atoms with Gasteiger partial charge in [0.05, 0.1) is 12.6 Å². The Labute approximate surface area is 129 Å². The molecular formula is C17H19N3O2. The number of hydrogen-bond acceptors (Lipinski definition) is 4. The summed E-state index contributed by atoms with van der Waals surface area (Å²) >= 11 is 0. The SMILES string of the molecule is O=C(NO)[C@@H]1[C@H](C2C=CC=CC2)[C@H]1C1CN=C2C=CC=CN21. The van der Waals surface area contributed by atoms with Crippen molar-refractivity contribution in [1.82, 2.24) is 10.4 Å². The number of fused-ring (bicyclic) bond motifs is 1. The Bertz CT molecular complexity index is 632. The van der Waals surface area contributed by atoms with Crippen molar-refractivity contribution in [2.45, 2.75) is 12.5 Å². The number of carbonyl (C=O) groups is 1. The fourth-order valence-corrected chi connectivity index (χ4v) is 4.16. The molecule has 0 saturated heterocycles. The van der Waals surface area contributed by atoms with Crippen LogP contribution in [0.2, 0.25) is 0 Å². The van der Waals surface area contributed by atoms with Crippen molar-refractivity contribution in [1.29, 1.82) is 0 Å². The Morgan fingerprint density at radius 2 is 2.18 bits per heavy atom. The molecule has 4 aliphatic rings. The highest BCUT2D eigenvalue weighted by molar-refractivity contribution is 5.96. The summed E-state index contributed by atoms with van der Waals surface area (Å²) in [6.07, 6.45) is 17.4. The van der Waals surface area contributed by atoms with Gasteiger partial charge in [-0.2, -0.15) is 0 Å². The molecule has 4 rings (SSSR count). The van der Waals surface area contributed by atoms with E-state index in [1.807, 2.05) is 36.0 Å². The van der Waals surface area contributed by atoms with E-state index < -0.39 is 0 Å². The molecule has 0 aromatic rings. The van der Waals surface area contributed by atoms with Gasteiger partial charge in [-0.3, -0.25) is 15.0 Å². The fraction of sp³-hybridized carbons (Fsp3) is 0.412. The van der Waals surface area contributed by atoms with E-state index in [0.29, 0.717) is 12.5 Å². The number of amides is 1. The first kappa shape index (κ1) is 13.5. The predicted octanol–water partition coefficient (Wildman–Crippen LogP) is 1.65. The topological polar surface area (TPSA) is 64.9 Å². The van der Waals surface area contributed by atoms with Crippen LogP contribution in [0.4, 0.5) is 0 Å². The molecule has 5 heteroatoms. The minimum absolute atomic E-state index is 0.134. The summed E-state index contributed by atoms with van der Waals surface area (Å²) in [6, 6.07) is 0.211. The maximum Gasteiger partial charge on any atom is 0.247 e. The summed E-state index contributed by atoms with van der Waals surface area (Å²) in [5.74, 6) is 1.44. The lowest BCUT2D eigenvalue weighted by Crippen LogP contribution is -2.36. The van der Waals surface area contributed by atoms with Gasteiger partial charge in [0.2, 0.25) is 5.91 Å². The highest BCUT2D eigenvalue weighted by Crippen LogP contribution is 2.56. The van der Waals surface area contributed by atoms with Gasteiger partial charge in [0, 0.05) is 12.1 Å². The molecule has 0 radical (unpaired) electrons. The molecule has 5 nitrogen and oxygen atoms in total. The minimum Gasteiger partial charge on any atom is -0.328 e. The number of nitrogens with zero attached hydrogens (tertiary/aromatic N) is 2. The third kappa shape index (κ3) is 2.04. The number of carbonyl (C=O) groups excluding carboxylic acids is 1. The summed E-state index contributed by atoms with van der Waals surface area (Å²) in [4.78, 5) is 18.8. The van der Waals surface area contributed by atoms with E-state index >= 15 is 0 Å². The van der Waals surface area contributed by atoms with Gasteiger partial charge in [-0.1, -0.05) is 30.4 Å². The lowest BCUT2D eigenvalue weighted by molar-refractivity contribution is -0.131. The molecule has 2 aliphatic carbocycles. The quantitative estimate of drug-likeness (QED) is 0.615. The van der Waals surface area contributed by atoms with Gasteiger partial charge >= 0.3 is 0 Å². The average Bonchev–Trinajstić information content (AvgIpc) is 3.18. The summed E-state index contributed by atoms with van der Waals surface area (Å²) in [7, 11) is 0. The van der Waals surface area contributed by atoms with Crippen LogP contribution in [-0.2, 0) is 4.79 Å². The number of nitrogens with one attached hydrogen (secondary N) is 1. The zero-order chi connectivity index (χ0) is 15.1. The van der Waals surface area contributed by atoms with Crippen LogP contribution in [0.15, 0.2) is 53.7 Å². The Kier molecular flexibility index (Phi) is 3.22. The van der Waals surface area contributed by atoms with Crippen LogP contribution in [0, 0.1) is 23.7 Å². The Hall–Kier alpha value is -2.14. The molecule has 0 aromatic carbocycles. The number of hydrogen-bond donors (Lipinski definition) is 2. The zero-order valence-corrected chi connectivity index (χ0v) is 12.2. The lowest BCUT2D eigenvalue weighted by atomic mass is 9.92. The number of aliphatic imine (C=N–C) groups is 1. The van der Waals surface area contributed by atoms with Crippen LogP contribution in [0.25, 0.3) is 0 Å². The second-order valence-corrected chi connectivity index (χ2v) is 6.24. The molecule has 114 valence electrons. The molecule has 2 N–H and O–H groups in total. The first-order chi connectivity index (χ1) is 10.8. The van der Waals surface area contributed by atoms with Crippen molar-refractivity contribution in [2.75, 3.05) is 6.54 Å². The molecule has 2 unspecified atom stereocenters. The summed E-state index contributed by atoms with van der Waals surface area (Å²) in [6.45, 7) is 0.715. The Morgan fingerprint density at radius 3 is 2.95 bits per heavy atom. The number of rotatable bonds is 3. The van der Waals surface area contributed by atoms with Crippen molar-refractivity contribution in [2.24, 2.45) is 28.7 Å². The first-order valence-corrected chi connectivity index (χ1v) is 7.76.